The second-order valence-electron chi connectivity index (χ2n) is 5.10. The van der Waals surface area contributed by atoms with Crippen molar-refractivity contribution in [3.05, 3.63) is 42.0 Å². The monoisotopic (exact) mass is 230 g/mol. The summed E-state index contributed by atoms with van der Waals surface area (Å²) in [7, 11) is 0. The number of nitrogens with two attached hydrogens (primary N) is 1. The smallest absolute Gasteiger partial charge is 0.0873 e. The molecule has 0 saturated heterocycles. The van der Waals surface area contributed by atoms with E-state index in [2.05, 4.69) is 30.9 Å². The fraction of sp³-hybridized carbons (Fsp3) is 0.385. The van der Waals surface area contributed by atoms with Gasteiger partial charge in [-0.2, -0.15) is 5.10 Å². The maximum Gasteiger partial charge on any atom is 0.0873 e. The Morgan fingerprint density at radius 3 is 2.65 bits per heavy atom. The molecule has 0 radical (unpaired) electrons. The number of aromatic nitrogens is 3. The van der Waals surface area contributed by atoms with Crippen molar-refractivity contribution < 1.29 is 0 Å². The van der Waals surface area contributed by atoms with E-state index in [1.54, 1.807) is 12.4 Å². The van der Waals surface area contributed by atoms with E-state index < -0.39 is 0 Å². The lowest BCUT2D eigenvalue weighted by molar-refractivity contribution is 0.560. The van der Waals surface area contributed by atoms with E-state index in [9.17, 15) is 0 Å². The van der Waals surface area contributed by atoms with Crippen molar-refractivity contribution in [3.8, 4) is 5.69 Å². The number of nitrogens with zero attached hydrogens (tertiary/aromatic N) is 3. The number of rotatable bonds is 2. The molecule has 0 spiro atoms. The molecular weight excluding hydrogens is 212 g/mol. The Morgan fingerprint density at radius 2 is 2.06 bits per heavy atom. The van der Waals surface area contributed by atoms with E-state index in [0.717, 1.165) is 16.9 Å². The van der Waals surface area contributed by atoms with Crippen LogP contribution in [0.2, 0.25) is 0 Å². The Balaban J connectivity index is 2.44. The molecule has 2 aromatic rings. The molecule has 0 aliphatic rings. The molecule has 0 atom stereocenters. The number of pyridine rings is 1. The van der Waals surface area contributed by atoms with Crippen LogP contribution >= 0.6 is 0 Å². The fourth-order valence-corrected chi connectivity index (χ4v) is 1.65. The number of hydrogen-bond donors (Lipinski definition) is 1. The maximum atomic E-state index is 5.71. The summed E-state index contributed by atoms with van der Waals surface area (Å²) in [6, 6.07) is 3.96. The minimum atomic E-state index is 0.0519. The van der Waals surface area contributed by atoms with Gasteiger partial charge in [0.25, 0.3) is 0 Å². The molecule has 17 heavy (non-hydrogen) atoms. The summed E-state index contributed by atoms with van der Waals surface area (Å²) >= 11 is 0. The third-order valence-electron chi connectivity index (χ3n) is 2.71. The van der Waals surface area contributed by atoms with Gasteiger partial charge in [0, 0.05) is 24.4 Å². The summed E-state index contributed by atoms with van der Waals surface area (Å²) < 4.78 is 1.84. The molecule has 0 aliphatic carbocycles. The van der Waals surface area contributed by atoms with Crippen LogP contribution in [-0.4, -0.2) is 14.8 Å². The van der Waals surface area contributed by atoms with Crippen molar-refractivity contribution in [1.29, 1.82) is 0 Å². The summed E-state index contributed by atoms with van der Waals surface area (Å²) in [6.45, 7) is 6.93. The Labute approximate surface area is 101 Å². The lowest BCUT2D eigenvalue weighted by Gasteiger charge is -2.14. The molecule has 0 fully saturated rings. The molecule has 0 aliphatic heterocycles. The molecule has 4 nitrogen and oxygen atoms in total. The van der Waals surface area contributed by atoms with E-state index in [0.29, 0.717) is 6.54 Å². The van der Waals surface area contributed by atoms with Crippen molar-refractivity contribution in [1.82, 2.24) is 14.8 Å². The van der Waals surface area contributed by atoms with Gasteiger partial charge in [-0.15, -0.1) is 0 Å². The normalized spacial score (nSPS) is 11.8. The molecular formula is C13H18N4. The van der Waals surface area contributed by atoms with Crippen LogP contribution < -0.4 is 5.73 Å². The first-order valence-corrected chi connectivity index (χ1v) is 5.72. The molecule has 4 heteroatoms. The fourth-order valence-electron chi connectivity index (χ4n) is 1.65. The third-order valence-corrected chi connectivity index (χ3v) is 2.71. The molecule has 2 aromatic heterocycles. The van der Waals surface area contributed by atoms with E-state index in [1.807, 2.05) is 23.0 Å². The SMILES string of the molecule is CC(C)(C)c1ccn(-c2cnccc2CN)n1. The van der Waals surface area contributed by atoms with Crippen LogP contribution in [0.15, 0.2) is 30.7 Å². The maximum absolute atomic E-state index is 5.71. The molecule has 0 aromatic carbocycles. The molecule has 0 unspecified atom stereocenters. The lowest BCUT2D eigenvalue weighted by Crippen LogP contribution is -2.13. The van der Waals surface area contributed by atoms with Gasteiger partial charge < -0.3 is 5.73 Å². The van der Waals surface area contributed by atoms with Gasteiger partial charge in [0.05, 0.1) is 17.6 Å². The highest BCUT2D eigenvalue weighted by atomic mass is 15.3. The summed E-state index contributed by atoms with van der Waals surface area (Å²) in [5.41, 5.74) is 8.82. The van der Waals surface area contributed by atoms with Crippen molar-refractivity contribution >= 4 is 0 Å². The average molecular weight is 230 g/mol. The molecule has 0 saturated carbocycles. The highest BCUT2D eigenvalue weighted by molar-refractivity contribution is 5.37. The Kier molecular flexibility index (Phi) is 2.98. The van der Waals surface area contributed by atoms with Crippen molar-refractivity contribution in [2.45, 2.75) is 32.7 Å². The first-order chi connectivity index (χ1) is 8.02. The topological polar surface area (TPSA) is 56.7 Å². The average Bonchev–Trinajstić information content (AvgIpc) is 2.77. The van der Waals surface area contributed by atoms with Crippen LogP contribution in [0.25, 0.3) is 5.69 Å². The lowest BCUT2D eigenvalue weighted by atomic mass is 9.93. The van der Waals surface area contributed by atoms with Gasteiger partial charge in [0.2, 0.25) is 0 Å². The van der Waals surface area contributed by atoms with Crippen LogP contribution in [-0.2, 0) is 12.0 Å². The molecule has 0 bridgehead atoms. The molecule has 0 amide bonds. The van der Waals surface area contributed by atoms with E-state index in [1.165, 1.54) is 0 Å². The molecule has 2 rings (SSSR count). The first kappa shape index (κ1) is 11.8. The standard InChI is InChI=1S/C13H18N4/c1-13(2,3)12-5-7-17(16-12)11-9-15-6-4-10(11)8-14/h4-7,9H,8,14H2,1-3H3. The highest BCUT2D eigenvalue weighted by Crippen LogP contribution is 2.21. The Bertz CT molecular complexity index is 508. The number of hydrogen-bond acceptors (Lipinski definition) is 3. The van der Waals surface area contributed by atoms with Gasteiger partial charge in [-0.3, -0.25) is 4.98 Å². The Hall–Kier alpha value is -1.68. The van der Waals surface area contributed by atoms with Crippen LogP contribution in [0.3, 0.4) is 0 Å². The van der Waals surface area contributed by atoms with Gasteiger partial charge in [0.1, 0.15) is 0 Å². The minimum Gasteiger partial charge on any atom is -0.326 e. The first-order valence-electron chi connectivity index (χ1n) is 5.72. The zero-order valence-corrected chi connectivity index (χ0v) is 10.5. The third kappa shape index (κ3) is 2.36. The largest absolute Gasteiger partial charge is 0.326 e. The van der Waals surface area contributed by atoms with Crippen LogP contribution in [0.4, 0.5) is 0 Å². The summed E-state index contributed by atoms with van der Waals surface area (Å²) in [6.07, 6.45) is 5.50. The quantitative estimate of drug-likeness (QED) is 0.858. The predicted octanol–water partition coefficient (Wildman–Crippen LogP) is 2.02. The van der Waals surface area contributed by atoms with Crippen molar-refractivity contribution in [2.75, 3.05) is 0 Å². The van der Waals surface area contributed by atoms with Crippen LogP contribution in [0.5, 0.6) is 0 Å². The second-order valence-corrected chi connectivity index (χ2v) is 5.10. The van der Waals surface area contributed by atoms with Gasteiger partial charge in [-0.05, 0) is 17.7 Å². The zero-order valence-electron chi connectivity index (χ0n) is 10.5. The molecule has 2 N–H and O–H groups in total. The zero-order chi connectivity index (χ0) is 12.5. The summed E-state index contributed by atoms with van der Waals surface area (Å²) in [4.78, 5) is 4.12. The van der Waals surface area contributed by atoms with E-state index in [-0.39, 0.29) is 5.41 Å². The molecule has 2 heterocycles. The minimum absolute atomic E-state index is 0.0519. The second kappa shape index (κ2) is 4.30. The predicted molar refractivity (Wildman–Crippen MR) is 68.0 cm³/mol. The highest BCUT2D eigenvalue weighted by Gasteiger charge is 2.17. The Morgan fingerprint density at radius 1 is 1.29 bits per heavy atom. The van der Waals surface area contributed by atoms with Gasteiger partial charge in [-0.25, -0.2) is 4.68 Å². The summed E-state index contributed by atoms with van der Waals surface area (Å²) in [5, 5.41) is 4.58. The van der Waals surface area contributed by atoms with Gasteiger partial charge in [-0.1, -0.05) is 20.8 Å². The van der Waals surface area contributed by atoms with Gasteiger partial charge >= 0.3 is 0 Å². The van der Waals surface area contributed by atoms with Crippen molar-refractivity contribution in [2.24, 2.45) is 5.73 Å². The van der Waals surface area contributed by atoms with E-state index >= 15 is 0 Å². The summed E-state index contributed by atoms with van der Waals surface area (Å²) in [5.74, 6) is 0. The van der Waals surface area contributed by atoms with Crippen molar-refractivity contribution in [3.63, 3.8) is 0 Å². The van der Waals surface area contributed by atoms with Crippen LogP contribution in [0, 0.1) is 0 Å². The van der Waals surface area contributed by atoms with Gasteiger partial charge in [0.15, 0.2) is 0 Å². The van der Waals surface area contributed by atoms with E-state index in [4.69, 9.17) is 5.73 Å². The van der Waals surface area contributed by atoms with Crippen LogP contribution in [0.1, 0.15) is 32.0 Å². The molecule has 90 valence electrons.